The summed E-state index contributed by atoms with van der Waals surface area (Å²) in [6.45, 7) is 4.68. The number of anilines is 2. The molecule has 2 aromatic rings. The molecule has 128 valence electrons. The van der Waals surface area contributed by atoms with Crippen molar-refractivity contribution in [1.29, 1.82) is 0 Å². The van der Waals surface area contributed by atoms with E-state index in [-0.39, 0.29) is 11.8 Å². The molecule has 0 saturated carbocycles. The van der Waals surface area contributed by atoms with Gasteiger partial charge in [-0.2, -0.15) is 0 Å². The zero-order valence-electron chi connectivity index (χ0n) is 14.5. The molecule has 0 fully saturated rings. The lowest BCUT2D eigenvalue weighted by Gasteiger charge is -2.13. The topological polar surface area (TPSA) is 63.2 Å². The van der Waals surface area contributed by atoms with Gasteiger partial charge in [0.15, 0.2) is 0 Å². The lowest BCUT2D eigenvalue weighted by Crippen LogP contribution is -2.22. The fourth-order valence-corrected chi connectivity index (χ4v) is 2.51. The van der Waals surface area contributed by atoms with Gasteiger partial charge in [-0.1, -0.05) is 32.0 Å². The molecule has 5 nitrogen and oxygen atoms in total. The standard InChI is InChI=1S/C19H25N3O2/c1-4-14(5-2)19(23)22-18-11-10-16(13-21-18)20-12-15-8-6-7-9-17(15)24-3/h6-11,13-14,20H,4-5,12H2,1-3H3,(H,21,22,23). The number of nitrogens with zero attached hydrogens (tertiary/aromatic N) is 1. The summed E-state index contributed by atoms with van der Waals surface area (Å²) in [7, 11) is 1.66. The van der Waals surface area contributed by atoms with Gasteiger partial charge in [-0.15, -0.1) is 0 Å². The third-order valence-corrected chi connectivity index (χ3v) is 4.05. The lowest BCUT2D eigenvalue weighted by atomic mass is 10.0. The molecule has 2 N–H and O–H groups in total. The van der Waals surface area contributed by atoms with Crippen LogP contribution < -0.4 is 15.4 Å². The van der Waals surface area contributed by atoms with Gasteiger partial charge in [-0.25, -0.2) is 4.98 Å². The minimum atomic E-state index is 0.0298. The molecular formula is C19H25N3O2. The van der Waals surface area contributed by atoms with E-state index in [0.29, 0.717) is 12.4 Å². The van der Waals surface area contributed by atoms with E-state index in [2.05, 4.69) is 15.6 Å². The van der Waals surface area contributed by atoms with Crippen molar-refractivity contribution in [2.75, 3.05) is 17.7 Å². The van der Waals surface area contributed by atoms with E-state index in [1.807, 2.05) is 50.2 Å². The van der Waals surface area contributed by atoms with E-state index in [1.165, 1.54) is 0 Å². The number of aromatic nitrogens is 1. The second-order valence-corrected chi connectivity index (χ2v) is 5.60. The van der Waals surface area contributed by atoms with Crippen molar-refractivity contribution in [3.63, 3.8) is 0 Å². The molecule has 0 saturated heterocycles. The summed E-state index contributed by atoms with van der Waals surface area (Å²) in [4.78, 5) is 16.4. The van der Waals surface area contributed by atoms with Crippen LogP contribution in [0.1, 0.15) is 32.3 Å². The van der Waals surface area contributed by atoms with Gasteiger partial charge in [-0.05, 0) is 31.0 Å². The fourth-order valence-electron chi connectivity index (χ4n) is 2.51. The first kappa shape index (κ1) is 17.8. The van der Waals surface area contributed by atoms with Crippen LogP contribution in [0.3, 0.4) is 0 Å². The fraction of sp³-hybridized carbons (Fsp3) is 0.368. The number of methoxy groups -OCH3 is 1. The van der Waals surface area contributed by atoms with E-state index in [4.69, 9.17) is 4.74 Å². The first-order chi connectivity index (χ1) is 11.7. The Morgan fingerprint density at radius 2 is 1.92 bits per heavy atom. The molecule has 1 heterocycles. The number of nitrogens with one attached hydrogen (secondary N) is 2. The SMILES string of the molecule is CCC(CC)C(=O)Nc1ccc(NCc2ccccc2OC)cn1. The first-order valence-electron chi connectivity index (χ1n) is 8.30. The molecule has 0 aliphatic heterocycles. The summed E-state index contributed by atoms with van der Waals surface area (Å²) >= 11 is 0. The number of hydrogen-bond acceptors (Lipinski definition) is 4. The van der Waals surface area contributed by atoms with Gasteiger partial charge in [0.05, 0.1) is 19.0 Å². The number of para-hydroxylation sites is 1. The van der Waals surface area contributed by atoms with Gasteiger partial charge in [0.2, 0.25) is 5.91 Å². The van der Waals surface area contributed by atoms with Gasteiger partial charge < -0.3 is 15.4 Å². The van der Waals surface area contributed by atoms with E-state index in [9.17, 15) is 4.79 Å². The predicted octanol–water partition coefficient (Wildman–Crippen LogP) is 4.08. The number of rotatable bonds is 8. The number of carbonyl (C=O) groups excluding carboxylic acids is 1. The minimum Gasteiger partial charge on any atom is -0.496 e. The zero-order chi connectivity index (χ0) is 17.4. The van der Waals surface area contributed by atoms with Gasteiger partial charge >= 0.3 is 0 Å². The summed E-state index contributed by atoms with van der Waals surface area (Å²) in [6.07, 6.45) is 3.39. The van der Waals surface area contributed by atoms with Crippen molar-refractivity contribution in [1.82, 2.24) is 4.98 Å². The highest BCUT2D eigenvalue weighted by atomic mass is 16.5. The van der Waals surface area contributed by atoms with Gasteiger partial charge in [0.1, 0.15) is 11.6 Å². The van der Waals surface area contributed by atoms with Crippen LogP contribution in [0.4, 0.5) is 11.5 Å². The maximum atomic E-state index is 12.1. The molecule has 1 amide bonds. The minimum absolute atomic E-state index is 0.0298. The highest BCUT2D eigenvalue weighted by molar-refractivity contribution is 5.91. The van der Waals surface area contributed by atoms with Crippen LogP contribution in [0.25, 0.3) is 0 Å². The predicted molar refractivity (Wildman–Crippen MR) is 97.3 cm³/mol. The Labute approximate surface area is 143 Å². The molecule has 0 unspecified atom stereocenters. The molecule has 1 aromatic heterocycles. The first-order valence-corrected chi connectivity index (χ1v) is 8.30. The van der Waals surface area contributed by atoms with Crippen molar-refractivity contribution in [3.8, 4) is 5.75 Å². The van der Waals surface area contributed by atoms with Crippen LogP contribution in [0.15, 0.2) is 42.6 Å². The normalized spacial score (nSPS) is 10.5. The van der Waals surface area contributed by atoms with Crippen LogP contribution >= 0.6 is 0 Å². The quantitative estimate of drug-likeness (QED) is 0.767. The van der Waals surface area contributed by atoms with Crippen LogP contribution in [-0.4, -0.2) is 18.0 Å². The molecule has 5 heteroatoms. The van der Waals surface area contributed by atoms with Crippen LogP contribution in [0.2, 0.25) is 0 Å². The molecule has 0 aliphatic rings. The molecule has 0 aliphatic carbocycles. The number of benzene rings is 1. The second kappa shape index (κ2) is 8.91. The Hall–Kier alpha value is -2.56. The highest BCUT2D eigenvalue weighted by Crippen LogP contribution is 2.19. The van der Waals surface area contributed by atoms with Crippen LogP contribution in [0.5, 0.6) is 5.75 Å². The van der Waals surface area contributed by atoms with Crippen molar-refractivity contribution < 1.29 is 9.53 Å². The van der Waals surface area contributed by atoms with Crippen molar-refractivity contribution in [2.45, 2.75) is 33.2 Å². The third kappa shape index (κ3) is 4.72. The molecule has 0 bridgehead atoms. The second-order valence-electron chi connectivity index (χ2n) is 5.60. The summed E-state index contributed by atoms with van der Waals surface area (Å²) in [5, 5.41) is 6.17. The molecule has 0 atom stereocenters. The van der Waals surface area contributed by atoms with Crippen molar-refractivity contribution in [3.05, 3.63) is 48.2 Å². The Bertz CT molecular complexity index is 652. The van der Waals surface area contributed by atoms with Crippen molar-refractivity contribution >= 4 is 17.4 Å². The number of ether oxygens (including phenoxy) is 1. The van der Waals surface area contributed by atoms with Crippen LogP contribution in [-0.2, 0) is 11.3 Å². The largest absolute Gasteiger partial charge is 0.496 e. The van der Waals surface area contributed by atoms with Crippen LogP contribution in [0, 0.1) is 5.92 Å². The van der Waals surface area contributed by atoms with E-state index >= 15 is 0 Å². The number of amides is 1. The number of carbonyl (C=O) groups is 1. The smallest absolute Gasteiger partial charge is 0.228 e. The Morgan fingerprint density at radius 1 is 1.17 bits per heavy atom. The summed E-state index contributed by atoms with van der Waals surface area (Å²) in [6, 6.07) is 11.6. The Balaban J connectivity index is 1.93. The third-order valence-electron chi connectivity index (χ3n) is 4.05. The highest BCUT2D eigenvalue weighted by Gasteiger charge is 2.14. The molecule has 1 aromatic carbocycles. The summed E-state index contributed by atoms with van der Waals surface area (Å²) in [5.74, 6) is 1.50. The Kier molecular flexibility index (Phi) is 6.61. The van der Waals surface area contributed by atoms with Gasteiger partial charge in [-0.3, -0.25) is 4.79 Å². The van der Waals surface area contributed by atoms with E-state index in [0.717, 1.165) is 29.8 Å². The maximum Gasteiger partial charge on any atom is 0.228 e. The molecular weight excluding hydrogens is 302 g/mol. The molecule has 2 rings (SSSR count). The zero-order valence-corrected chi connectivity index (χ0v) is 14.5. The average Bonchev–Trinajstić information content (AvgIpc) is 2.62. The van der Waals surface area contributed by atoms with Gasteiger partial charge in [0, 0.05) is 18.0 Å². The van der Waals surface area contributed by atoms with E-state index < -0.39 is 0 Å². The average molecular weight is 327 g/mol. The molecule has 24 heavy (non-hydrogen) atoms. The maximum absolute atomic E-state index is 12.1. The summed E-state index contributed by atoms with van der Waals surface area (Å²) < 4.78 is 5.34. The van der Waals surface area contributed by atoms with E-state index in [1.54, 1.807) is 13.3 Å². The summed E-state index contributed by atoms with van der Waals surface area (Å²) in [5.41, 5.74) is 1.97. The number of pyridine rings is 1. The van der Waals surface area contributed by atoms with Crippen molar-refractivity contribution in [2.24, 2.45) is 5.92 Å². The lowest BCUT2D eigenvalue weighted by molar-refractivity contribution is -0.120. The monoisotopic (exact) mass is 327 g/mol. The Morgan fingerprint density at radius 3 is 2.54 bits per heavy atom. The molecule has 0 spiro atoms. The molecule has 0 radical (unpaired) electrons. The van der Waals surface area contributed by atoms with Gasteiger partial charge in [0.25, 0.3) is 0 Å². The number of hydrogen-bond donors (Lipinski definition) is 2.